The van der Waals surface area contributed by atoms with Crippen molar-refractivity contribution in [2.45, 2.75) is 46.5 Å². The van der Waals surface area contributed by atoms with Crippen molar-refractivity contribution in [3.63, 3.8) is 0 Å². The summed E-state index contributed by atoms with van der Waals surface area (Å²) in [7, 11) is 0. The van der Waals surface area contributed by atoms with E-state index in [9.17, 15) is 0 Å². The molecule has 2 N–H and O–H groups in total. The Balaban J connectivity index is 1.53. The van der Waals surface area contributed by atoms with Gasteiger partial charge in [0, 0.05) is 28.6 Å². The zero-order valence-electron chi connectivity index (χ0n) is 17.4. The van der Waals surface area contributed by atoms with Gasteiger partial charge in [0.05, 0.1) is 5.69 Å². The van der Waals surface area contributed by atoms with Crippen LogP contribution in [0.5, 0.6) is 0 Å². The number of nitrogens with one attached hydrogen (secondary N) is 2. The van der Waals surface area contributed by atoms with Crippen molar-refractivity contribution in [1.82, 2.24) is 20.4 Å². The van der Waals surface area contributed by atoms with Gasteiger partial charge in [-0.15, -0.1) is 5.10 Å². The number of aryl methyl sites for hydroxylation is 1. The molecule has 5 rings (SSSR count). The minimum atomic E-state index is 0.341. The maximum absolute atomic E-state index is 4.42. The summed E-state index contributed by atoms with van der Waals surface area (Å²) in [5.41, 5.74) is 8.91. The van der Waals surface area contributed by atoms with E-state index >= 15 is 0 Å². The van der Waals surface area contributed by atoms with Crippen LogP contribution in [0.3, 0.4) is 0 Å². The van der Waals surface area contributed by atoms with Crippen molar-refractivity contribution in [3.05, 3.63) is 71.0 Å². The van der Waals surface area contributed by atoms with Gasteiger partial charge in [0.1, 0.15) is 5.69 Å². The fourth-order valence-electron chi connectivity index (χ4n) is 4.71. The van der Waals surface area contributed by atoms with Crippen LogP contribution in [0.4, 0.5) is 0 Å². The Morgan fingerprint density at radius 2 is 1.90 bits per heavy atom. The predicted molar refractivity (Wildman–Crippen MR) is 118 cm³/mol. The van der Waals surface area contributed by atoms with Crippen LogP contribution in [0, 0.1) is 11.3 Å². The van der Waals surface area contributed by atoms with Gasteiger partial charge in [0.2, 0.25) is 0 Å². The molecule has 4 heteroatoms. The van der Waals surface area contributed by atoms with E-state index in [1.165, 1.54) is 34.1 Å². The molecule has 148 valence electrons. The number of hydrogen-bond donors (Lipinski definition) is 2. The monoisotopic (exact) mass is 384 g/mol. The number of fused-ring (bicyclic) bond motifs is 3. The lowest BCUT2D eigenvalue weighted by atomic mass is 9.71. The van der Waals surface area contributed by atoms with E-state index in [0.29, 0.717) is 5.41 Å². The van der Waals surface area contributed by atoms with Crippen molar-refractivity contribution in [1.29, 1.82) is 0 Å². The number of benzene rings is 2. The van der Waals surface area contributed by atoms with Crippen LogP contribution >= 0.6 is 0 Å². The Kier molecular flexibility index (Phi) is 4.30. The molecule has 0 saturated carbocycles. The Morgan fingerprint density at radius 3 is 2.69 bits per heavy atom. The van der Waals surface area contributed by atoms with Gasteiger partial charge in [-0.3, -0.25) is 5.10 Å². The highest BCUT2D eigenvalue weighted by atomic mass is 15.3. The highest BCUT2D eigenvalue weighted by Gasteiger charge is 2.30. The summed E-state index contributed by atoms with van der Waals surface area (Å²) in [6.07, 6.45) is 4.36. The fraction of sp³-hybridized carbons (Fsp3) is 0.360. The van der Waals surface area contributed by atoms with Gasteiger partial charge in [-0.2, -0.15) is 0 Å². The number of aromatic amines is 2. The maximum Gasteiger partial charge on any atom is 0.116 e. The lowest BCUT2D eigenvalue weighted by Gasteiger charge is -2.34. The van der Waals surface area contributed by atoms with E-state index in [1.807, 2.05) is 6.07 Å². The van der Waals surface area contributed by atoms with Crippen LogP contribution in [-0.2, 0) is 19.3 Å². The lowest BCUT2D eigenvalue weighted by Crippen LogP contribution is -2.26. The molecule has 1 atom stereocenters. The maximum atomic E-state index is 4.42. The van der Waals surface area contributed by atoms with E-state index in [4.69, 9.17) is 0 Å². The Labute approximate surface area is 171 Å². The van der Waals surface area contributed by atoms with E-state index in [1.54, 1.807) is 0 Å². The molecule has 4 nitrogen and oxygen atoms in total. The Hall–Kier alpha value is -2.88. The van der Waals surface area contributed by atoms with Crippen LogP contribution in [0.1, 0.15) is 49.7 Å². The second-order valence-corrected chi connectivity index (χ2v) is 9.45. The first kappa shape index (κ1) is 18.2. The molecule has 4 aromatic rings. The summed E-state index contributed by atoms with van der Waals surface area (Å²) in [5, 5.41) is 13.0. The van der Waals surface area contributed by atoms with Crippen molar-refractivity contribution < 1.29 is 0 Å². The molecule has 0 amide bonds. The summed E-state index contributed by atoms with van der Waals surface area (Å²) in [4.78, 5) is 3.67. The molecular formula is C25H28N4. The van der Waals surface area contributed by atoms with Gasteiger partial charge >= 0.3 is 0 Å². The average molecular weight is 385 g/mol. The van der Waals surface area contributed by atoms with Gasteiger partial charge in [-0.05, 0) is 53.9 Å². The molecule has 0 radical (unpaired) electrons. The number of nitrogens with zero attached hydrogens (tertiary/aromatic N) is 2. The molecule has 29 heavy (non-hydrogen) atoms. The van der Waals surface area contributed by atoms with Crippen LogP contribution in [0.2, 0.25) is 0 Å². The minimum Gasteiger partial charge on any atom is -0.358 e. The van der Waals surface area contributed by atoms with Crippen molar-refractivity contribution in [2.24, 2.45) is 11.3 Å². The van der Waals surface area contributed by atoms with Crippen molar-refractivity contribution >= 4 is 10.9 Å². The first-order valence-corrected chi connectivity index (χ1v) is 10.6. The van der Waals surface area contributed by atoms with E-state index in [0.717, 1.165) is 42.1 Å². The average Bonchev–Trinajstić information content (AvgIpc) is 3.31. The molecule has 2 heterocycles. The highest BCUT2D eigenvalue weighted by molar-refractivity contribution is 5.89. The van der Waals surface area contributed by atoms with Gasteiger partial charge < -0.3 is 4.98 Å². The summed E-state index contributed by atoms with van der Waals surface area (Å²) >= 11 is 0. The number of aromatic nitrogens is 4. The van der Waals surface area contributed by atoms with Crippen LogP contribution in [0.15, 0.2) is 48.5 Å². The lowest BCUT2D eigenvalue weighted by molar-refractivity contribution is 0.216. The normalized spacial score (nSPS) is 16.9. The van der Waals surface area contributed by atoms with Crippen LogP contribution in [-0.4, -0.2) is 20.4 Å². The van der Waals surface area contributed by atoms with Crippen LogP contribution < -0.4 is 0 Å². The van der Waals surface area contributed by atoms with Gasteiger partial charge in [0.15, 0.2) is 0 Å². The fourth-order valence-corrected chi connectivity index (χ4v) is 4.71. The first-order chi connectivity index (χ1) is 14.0. The molecule has 1 aliphatic rings. The first-order valence-electron chi connectivity index (χ1n) is 10.6. The van der Waals surface area contributed by atoms with Gasteiger partial charge in [0.25, 0.3) is 0 Å². The van der Waals surface area contributed by atoms with E-state index in [2.05, 4.69) is 83.6 Å². The predicted octanol–water partition coefficient (Wildman–Crippen LogP) is 5.69. The zero-order chi connectivity index (χ0) is 20.0. The second-order valence-electron chi connectivity index (χ2n) is 9.45. The second kappa shape index (κ2) is 6.87. The molecule has 0 fully saturated rings. The molecule has 0 spiro atoms. The third-order valence-corrected chi connectivity index (χ3v) is 6.53. The minimum absolute atomic E-state index is 0.341. The molecule has 0 bridgehead atoms. The molecule has 2 aromatic carbocycles. The van der Waals surface area contributed by atoms with Gasteiger partial charge in [-0.1, -0.05) is 62.4 Å². The van der Waals surface area contributed by atoms with Crippen molar-refractivity contribution in [3.8, 4) is 11.3 Å². The number of rotatable bonds is 3. The van der Waals surface area contributed by atoms with Crippen LogP contribution in [0.25, 0.3) is 22.2 Å². The molecule has 1 unspecified atom stereocenters. The molecule has 2 aromatic heterocycles. The topological polar surface area (TPSA) is 57.4 Å². The zero-order valence-corrected chi connectivity index (χ0v) is 17.4. The highest BCUT2D eigenvalue weighted by Crippen LogP contribution is 2.40. The largest absolute Gasteiger partial charge is 0.358 e. The summed E-state index contributed by atoms with van der Waals surface area (Å²) < 4.78 is 0. The SMILES string of the molecule is CC(C)(C)C1CCc2[nH]c3ccc(-c4nn[nH]c4Cc4ccccc4)cc3c2C1. The number of hydrogen-bond acceptors (Lipinski definition) is 2. The smallest absolute Gasteiger partial charge is 0.116 e. The van der Waals surface area contributed by atoms with Gasteiger partial charge in [-0.25, -0.2) is 0 Å². The Bertz CT molecular complexity index is 1140. The summed E-state index contributed by atoms with van der Waals surface area (Å²) in [6, 6.07) is 17.1. The van der Waals surface area contributed by atoms with E-state index in [-0.39, 0.29) is 0 Å². The third-order valence-electron chi connectivity index (χ3n) is 6.53. The van der Waals surface area contributed by atoms with Crippen molar-refractivity contribution in [2.75, 3.05) is 0 Å². The number of H-pyrrole nitrogens is 2. The summed E-state index contributed by atoms with van der Waals surface area (Å²) in [5.74, 6) is 0.721. The Morgan fingerprint density at radius 1 is 1.07 bits per heavy atom. The molecule has 0 aliphatic heterocycles. The third kappa shape index (κ3) is 3.37. The standard InChI is InChI=1S/C25H28N4/c1-25(2,3)18-10-12-22-20(15-18)19-14-17(9-11-21(19)26-22)24-23(27-29-28-24)13-16-7-5-4-6-8-16/h4-9,11,14,18,26H,10,12-13,15H2,1-3H3,(H,27,28,29). The van der Waals surface area contributed by atoms with E-state index < -0.39 is 0 Å². The molecular weight excluding hydrogens is 356 g/mol. The molecule has 0 saturated heterocycles. The summed E-state index contributed by atoms with van der Waals surface area (Å²) in [6.45, 7) is 7.11. The molecule has 1 aliphatic carbocycles. The quantitative estimate of drug-likeness (QED) is 0.476.